The summed E-state index contributed by atoms with van der Waals surface area (Å²) in [6.45, 7) is 0. The summed E-state index contributed by atoms with van der Waals surface area (Å²) in [7, 11) is 0. The largest absolute Gasteiger partial charge is 0.456 e. The minimum Gasteiger partial charge on any atom is -0.456 e. The van der Waals surface area contributed by atoms with E-state index >= 15 is 0 Å². The molecule has 2 aliphatic rings. The first-order valence-corrected chi connectivity index (χ1v) is 4.10. The zero-order valence-electron chi connectivity index (χ0n) is 6.78. The highest BCUT2D eigenvalue weighted by atomic mass is 16.3. The second-order valence-electron chi connectivity index (χ2n) is 3.04. The summed E-state index contributed by atoms with van der Waals surface area (Å²) >= 11 is 0. The third kappa shape index (κ3) is 0.746. The highest BCUT2D eigenvalue weighted by Gasteiger charge is 2.18. The van der Waals surface area contributed by atoms with Gasteiger partial charge in [-0.05, 0) is 18.2 Å². The Morgan fingerprint density at radius 3 is 2.69 bits per heavy atom. The molecular formula is C11H6O2. The van der Waals surface area contributed by atoms with Crippen LogP contribution in [0.3, 0.4) is 0 Å². The fourth-order valence-electron chi connectivity index (χ4n) is 1.68. The van der Waals surface area contributed by atoms with Crippen molar-refractivity contribution in [2.75, 3.05) is 0 Å². The van der Waals surface area contributed by atoms with Gasteiger partial charge in [0.25, 0.3) is 0 Å². The summed E-state index contributed by atoms with van der Waals surface area (Å²) in [6, 6.07) is 0. The minimum absolute atomic E-state index is 0.0300. The van der Waals surface area contributed by atoms with Crippen molar-refractivity contribution in [2.24, 2.45) is 0 Å². The van der Waals surface area contributed by atoms with E-state index in [4.69, 9.17) is 4.42 Å². The molecule has 0 aromatic carbocycles. The van der Waals surface area contributed by atoms with E-state index < -0.39 is 0 Å². The number of ketones is 1. The molecular weight excluding hydrogens is 164 g/mol. The van der Waals surface area contributed by atoms with E-state index in [9.17, 15) is 4.79 Å². The van der Waals surface area contributed by atoms with Crippen LogP contribution < -0.4 is 10.8 Å². The second-order valence-corrected chi connectivity index (χ2v) is 3.04. The molecule has 2 heteroatoms. The Bertz CT molecular complexity index is 568. The predicted octanol–water partition coefficient (Wildman–Crippen LogP) is 0.620. The van der Waals surface area contributed by atoms with Gasteiger partial charge in [0.15, 0.2) is 5.78 Å². The fourth-order valence-corrected chi connectivity index (χ4v) is 1.68. The highest BCUT2D eigenvalue weighted by Crippen LogP contribution is 2.10. The minimum atomic E-state index is 0.0300. The summed E-state index contributed by atoms with van der Waals surface area (Å²) in [6.07, 6.45) is 10.8. The van der Waals surface area contributed by atoms with Crippen molar-refractivity contribution in [3.8, 4) is 0 Å². The van der Waals surface area contributed by atoms with Gasteiger partial charge in [0.1, 0.15) is 10.8 Å². The van der Waals surface area contributed by atoms with Gasteiger partial charge in [-0.15, -0.1) is 0 Å². The molecule has 0 spiro atoms. The number of hydrogen-bond acceptors (Lipinski definition) is 2. The molecule has 0 atom stereocenters. The van der Waals surface area contributed by atoms with Gasteiger partial charge in [-0.2, -0.15) is 0 Å². The molecule has 1 heterocycles. The van der Waals surface area contributed by atoms with Crippen LogP contribution in [0.25, 0.3) is 18.2 Å². The van der Waals surface area contributed by atoms with E-state index in [1.54, 1.807) is 12.2 Å². The van der Waals surface area contributed by atoms with Crippen LogP contribution in [-0.4, -0.2) is 5.78 Å². The van der Waals surface area contributed by atoms with E-state index in [1.165, 1.54) is 0 Å². The maximum atomic E-state index is 11.5. The van der Waals surface area contributed by atoms with Crippen molar-refractivity contribution >= 4 is 24.0 Å². The Kier molecular flexibility index (Phi) is 1.08. The zero-order valence-corrected chi connectivity index (χ0v) is 6.78. The monoisotopic (exact) mass is 170 g/mol. The molecule has 0 radical (unpaired) electrons. The molecule has 0 saturated carbocycles. The fraction of sp³-hybridized carbons (Fsp3) is 0. The number of carbonyl (C=O) groups is 1. The molecule has 62 valence electrons. The molecule has 0 N–H and O–H groups in total. The van der Waals surface area contributed by atoms with Gasteiger partial charge in [0, 0.05) is 5.56 Å². The van der Waals surface area contributed by atoms with Crippen LogP contribution in [0.4, 0.5) is 0 Å². The van der Waals surface area contributed by atoms with Crippen molar-refractivity contribution in [1.29, 1.82) is 0 Å². The SMILES string of the molecule is O=C1C=CC=c2oc3c(c21)C=CC=3. The van der Waals surface area contributed by atoms with Crippen molar-refractivity contribution in [1.82, 2.24) is 0 Å². The van der Waals surface area contributed by atoms with E-state index in [2.05, 4.69) is 0 Å². The van der Waals surface area contributed by atoms with Gasteiger partial charge in [0.2, 0.25) is 0 Å². The van der Waals surface area contributed by atoms with E-state index in [1.807, 2.05) is 24.3 Å². The average molecular weight is 170 g/mol. The standard InChI is InChI=1S/C11H6O2/c12-8-4-2-6-10-11(8)7-3-1-5-9(7)13-10/h1-6H. The number of hydrogen-bond donors (Lipinski definition) is 0. The normalized spacial score (nSPS) is 16.5. The molecule has 0 fully saturated rings. The van der Waals surface area contributed by atoms with Crippen LogP contribution in [0.1, 0.15) is 15.9 Å². The van der Waals surface area contributed by atoms with Crippen LogP contribution in [0.5, 0.6) is 0 Å². The van der Waals surface area contributed by atoms with Crippen LogP contribution in [-0.2, 0) is 0 Å². The number of allylic oxidation sites excluding steroid dienone is 3. The third-order valence-electron chi connectivity index (χ3n) is 2.25. The Morgan fingerprint density at radius 2 is 1.77 bits per heavy atom. The van der Waals surface area contributed by atoms with Gasteiger partial charge in [-0.1, -0.05) is 18.2 Å². The molecule has 0 aliphatic heterocycles. The molecule has 3 rings (SSSR count). The Hall–Kier alpha value is -1.83. The van der Waals surface area contributed by atoms with Gasteiger partial charge < -0.3 is 4.42 Å². The molecule has 1 aromatic rings. The Balaban J connectivity index is 2.52. The molecule has 0 unspecified atom stereocenters. The van der Waals surface area contributed by atoms with Gasteiger partial charge in [-0.3, -0.25) is 4.79 Å². The first-order valence-electron chi connectivity index (χ1n) is 4.10. The number of furan rings is 1. The van der Waals surface area contributed by atoms with E-state index in [-0.39, 0.29) is 5.78 Å². The lowest BCUT2D eigenvalue weighted by molar-refractivity contribution is 0.104. The van der Waals surface area contributed by atoms with Crippen molar-refractivity contribution in [2.45, 2.75) is 0 Å². The smallest absolute Gasteiger partial charge is 0.190 e. The van der Waals surface area contributed by atoms with Crippen LogP contribution >= 0.6 is 0 Å². The first kappa shape index (κ1) is 6.66. The van der Waals surface area contributed by atoms with Gasteiger partial charge in [-0.25, -0.2) is 0 Å². The lowest BCUT2D eigenvalue weighted by atomic mass is 10.1. The zero-order chi connectivity index (χ0) is 8.84. The van der Waals surface area contributed by atoms with Crippen LogP contribution in [0, 0.1) is 0 Å². The topological polar surface area (TPSA) is 30.2 Å². The van der Waals surface area contributed by atoms with Crippen LogP contribution in [0.15, 0.2) is 22.6 Å². The van der Waals surface area contributed by atoms with Gasteiger partial charge in [0.05, 0.1) is 5.56 Å². The predicted molar refractivity (Wildman–Crippen MR) is 49.4 cm³/mol. The van der Waals surface area contributed by atoms with E-state index in [0.717, 1.165) is 11.0 Å². The molecule has 1 aromatic heterocycles. The molecule has 0 bridgehead atoms. The number of carbonyl (C=O) groups excluding carboxylic acids is 1. The number of rotatable bonds is 0. The summed E-state index contributed by atoms with van der Waals surface area (Å²) < 4.78 is 5.47. The van der Waals surface area contributed by atoms with Crippen molar-refractivity contribution in [3.63, 3.8) is 0 Å². The maximum Gasteiger partial charge on any atom is 0.190 e. The quantitative estimate of drug-likeness (QED) is 0.571. The third-order valence-corrected chi connectivity index (χ3v) is 2.25. The molecule has 2 nitrogen and oxygen atoms in total. The lowest BCUT2D eigenvalue weighted by Crippen LogP contribution is -2.12. The van der Waals surface area contributed by atoms with Crippen molar-refractivity contribution < 1.29 is 9.21 Å². The summed E-state index contributed by atoms with van der Waals surface area (Å²) in [5.41, 5.74) is 3.08. The highest BCUT2D eigenvalue weighted by molar-refractivity contribution is 6.09. The molecule has 13 heavy (non-hydrogen) atoms. The number of fused-ring (bicyclic) bond motifs is 3. The van der Waals surface area contributed by atoms with Gasteiger partial charge >= 0.3 is 0 Å². The molecule has 2 aliphatic carbocycles. The molecule has 0 amide bonds. The van der Waals surface area contributed by atoms with E-state index in [0.29, 0.717) is 11.0 Å². The Labute approximate surface area is 74.2 Å². The molecule has 0 saturated heterocycles. The summed E-state index contributed by atoms with van der Waals surface area (Å²) in [5, 5.41) is 0. The van der Waals surface area contributed by atoms with Crippen molar-refractivity contribution in [3.05, 3.63) is 40.2 Å². The van der Waals surface area contributed by atoms with Crippen LogP contribution in [0.2, 0.25) is 0 Å². The Morgan fingerprint density at radius 1 is 1.00 bits per heavy atom. The lowest BCUT2D eigenvalue weighted by Gasteiger charge is -1.95. The summed E-state index contributed by atoms with van der Waals surface area (Å²) in [4.78, 5) is 11.5. The first-order chi connectivity index (χ1) is 6.36. The summed E-state index contributed by atoms with van der Waals surface area (Å²) in [5.74, 6) is 0.0300. The maximum absolute atomic E-state index is 11.5. The second kappa shape index (κ2) is 2.10. The average Bonchev–Trinajstić information content (AvgIpc) is 2.62.